The Kier molecular flexibility index (Phi) is 5.95. The first-order valence-electron chi connectivity index (χ1n) is 8.63. The quantitative estimate of drug-likeness (QED) is 0.549. The van der Waals surface area contributed by atoms with Crippen LogP contribution in [0.4, 0.5) is 33.5 Å². The maximum Gasteiger partial charge on any atom is 0.458 e. The number of halogens is 5. The van der Waals surface area contributed by atoms with Gasteiger partial charge in [0.15, 0.2) is 0 Å². The Morgan fingerprint density at radius 3 is 2.20 bits per heavy atom. The summed E-state index contributed by atoms with van der Waals surface area (Å²) in [7, 11) is 0. The molecule has 10 heteroatoms. The van der Waals surface area contributed by atoms with Crippen LogP contribution < -0.4 is 10.6 Å². The smallest absolute Gasteiger partial charge is 0.365 e. The van der Waals surface area contributed by atoms with Crippen LogP contribution in [0.3, 0.4) is 0 Å². The van der Waals surface area contributed by atoms with Crippen LogP contribution in [-0.4, -0.2) is 22.1 Å². The van der Waals surface area contributed by atoms with Crippen LogP contribution in [0, 0.1) is 0 Å². The summed E-state index contributed by atoms with van der Waals surface area (Å²) in [6.07, 6.45) is -0.980. The highest BCUT2D eigenvalue weighted by Gasteiger charge is 2.58. The van der Waals surface area contributed by atoms with Crippen molar-refractivity contribution in [1.29, 1.82) is 0 Å². The molecule has 1 amide bonds. The molecule has 0 radical (unpaired) electrons. The summed E-state index contributed by atoms with van der Waals surface area (Å²) in [6, 6.07) is 9.81. The van der Waals surface area contributed by atoms with Crippen LogP contribution in [0.5, 0.6) is 0 Å². The summed E-state index contributed by atoms with van der Waals surface area (Å²) in [4.78, 5) is 20.6. The highest BCUT2D eigenvalue weighted by Crippen LogP contribution is 2.43. The van der Waals surface area contributed by atoms with E-state index < -0.39 is 23.6 Å². The van der Waals surface area contributed by atoms with Crippen LogP contribution in [0.1, 0.15) is 21.5 Å². The fraction of sp³-hybridized carbons (Fsp3) is 0.150. The van der Waals surface area contributed by atoms with E-state index in [2.05, 4.69) is 20.6 Å². The number of alkyl halides is 5. The zero-order chi connectivity index (χ0) is 21.8. The fourth-order valence-electron chi connectivity index (χ4n) is 2.54. The minimum Gasteiger partial charge on any atom is -0.365 e. The Labute approximate surface area is 168 Å². The molecule has 0 unspecified atom stereocenters. The number of benzene rings is 1. The number of pyridine rings is 2. The first kappa shape index (κ1) is 21.2. The number of aromatic nitrogens is 2. The van der Waals surface area contributed by atoms with E-state index in [0.717, 1.165) is 17.7 Å². The highest BCUT2D eigenvalue weighted by atomic mass is 19.4. The first-order valence-corrected chi connectivity index (χ1v) is 8.63. The van der Waals surface area contributed by atoms with Crippen molar-refractivity contribution in [3.05, 3.63) is 83.8 Å². The molecule has 5 nitrogen and oxygen atoms in total. The summed E-state index contributed by atoms with van der Waals surface area (Å²) in [5.74, 6) is -5.30. The van der Waals surface area contributed by atoms with Gasteiger partial charge in [-0.15, -0.1) is 0 Å². The first-order chi connectivity index (χ1) is 14.2. The fourth-order valence-corrected chi connectivity index (χ4v) is 2.54. The molecular weight excluding hydrogens is 407 g/mol. The van der Waals surface area contributed by atoms with Crippen LogP contribution in [0.25, 0.3) is 0 Å². The van der Waals surface area contributed by atoms with Crippen molar-refractivity contribution in [3.8, 4) is 0 Å². The Balaban J connectivity index is 1.72. The van der Waals surface area contributed by atoms with Crippen molar-refractivity contribution < 1.29 is 26.7 Å². The van der Waals surface area contributed by atoms with Crippen molar-refractivity contribution in [3.63, 3.8) is 0 Å². The molecule has 0 aliphatic rings. The van der Waals surface area contributed by atoms with Gasteiger partial charge in [-0.05, 0) is 42.0 Å². The molecule has 0 fully saturated rings. The van der Waals surface area contributed by atoms with E-state index in [0.29, 0.717) is 18.7 Å². The number of rotatable bonds is 6. The summed E-state index contributed by atoms with van der Waals surface area (Å²) in [5, 5.41) is 5.48. The Morgan fingerprint density at radius 2 is 1.57 bits per heavy atom. The van der Waals surface area contributed by atoms with E-state index >= 15 is 0 Å². The molecule has 2 aromatic heterocycles. The second-order valence-electron chi connectivity index (χ2n) is 6.21. The van der Waals surface area contributed by atoms with E-state index in [1.807, 2.05) is 0 Å². The van der Waals surface area contributed by atoms with Gasteiger partial charge >= 0.3 is 12.1 Å². The third kappa shape index (κ3) is 4.70. The van der Waals surface area contributed by atoms with Gasteiger partial charge in [0, 0.05) is 36.4 Å². The number of anilines is 2. The Morgan fingerprint density at radius 1 is 0.900 bits per heavy atom. The van der Waals surface area contributed by atoms with E-state index in [4.69, 9.17) is 0 Å². The average molecular weight is 422 g/mol. The van der Waals surface area contributed by atoms with Crippen LogP contribution in [0.15, 0.2) is 67.1 Å². The van der Waals surface area contributed by atoms with Gasteiger partial charge in [0.1, 0.15) is 5.82 Å². The summed E-state index contributed by atoms with van der Waals surface area (Å²) < 4.78 is 64.1. The van der Waals surface area contributed by atoms with Crippen LogP contribution >= 0.6 is 0 Å². The lowest BCUT2D eigenvalue weighted by molar-refractivity contribution is -0.289. The number of nitrogens with zero attached hydrogens (tertiary/aromatic N) is 2. The number of carbonyl (C=O) groups excluding carboxylic acids is 1. The van der Waals surface area contributed by atoms with Gasteiger partial charge in [0.25, 0.3) is 5.91 Å². The molecule has 0 aliphatic heterocycles. The molecule has 0 atom stereocenters. The molecule has 156 valence electrons. The van der Waals surface area contributed by atoms with Crippen molar-refractivity contribution in [2.24, 2.45) is 0 Å². The van der Waals surface area contributed by atoms with Crippen molar-refractivity contribution in [1.82, 2.24) is 9.97 Å². The minimum absolute atomic E-state index is 0.0608. The Hall–Kier alpha value is -3.56. The lowest BCUT2D eigenvalue weighted by Gasteiger charge is -2.20. The minimum atomic E-state index is -5.71. The standard InChI is InChI=1S/C20H15F5N4O/c21-19(22,20(23,24)25)14-3-5-15(6-4-14)29-18(30)16-2-1-9-27-17(16)28-12-13-7-10-26-11-8-13/h1-11H,12H2,(H,27,28)(H,29,30). The molecule has 1 aromatic carbocycles. The summed E-state index contributed by atoms with van der Waals surface area (Å²) >= 11 is 0. The third-order valence-corrected chi connectivity index (χ3v) is 4.12. The second kappa shape index (κ2) is 8.44. The molecule has 3 rings (SSSR count). The van der Waals surface area contributed by atoms with Gasteiger partial charge in [-0.25, -0.2) is 4.98 Å². The van der Waals surface area contributed by atoms with Gasteiger partial charge in [0.2, 0.25) is 0 Å². The van der Waals surface area contributed by atoms with E-state index in [-0.39, 0.29) is 17.1 Å². The van der Waals surface area contributed by atoms with E-state index in [1.165, 1.54) is 12.3 Å². The van der Waals surface area contributed by atoms with Gasteiger partial charge in [-0.3, -0.25) is 9.78 Å². The highest BCUT2D eigenvalue weighted by molar-refractivity contribution is 6.07. The van der Waals surface area contributed by atoms with Gasteiger partial charge < -0.3 is 10.6 Å². The molecular formula is C20H15F5N4O. The molecule has 2 heterocycles. The van der Waals surface area contributed by atoms with E-state index in [1.54, 1.807) is 30.6 Å². The predicted molar refractivity (Wildman–Crippen MR) is 100 cm³/mol. The lowest BCUT2D eigenvalue weighted by atomic mass is 10.1. The molecule has 2 N–H and O–H groups in total. The summed E-state index contributed by atoms with van der Waals surface area (Å²) in [6.45, 7) is 0.376. The number of hydrogen-bond acceptors (Lipinski definition) is 4. The molecule has 0 aliphatic carbocycles. The monoisotopic (exact) mass is 422 g/mol. The predicted octanol–water partition coefficient (Wildman–Crippen LogP) is 5.00. The topological polar surface area (TPSA) is 66.9 Å². The molecule has 0 saturated heterocycles. The zero-order valence-corrected chi connectivity index (χ0v) is 15.3. The molecule has 0 bridgehead atoms. The van der Waals surface area contributed by atoms with E-state index in [9.17, 15) is 26.7 Å². The number of hydrogen-bond donors (Lipinski definition) is 2. The zero-order valence-electron chi connectivity index (χ0n) is 15.3. The van der Waals surface area contributed by atoms with Crippen molar-refractivity contribution >= 4 is 17.4 Å². The Bertz CT molecular complexity index is 1010. The third-order valence-electron chi connectivity index (χ3n) is 4.12. The largest absolute Gasteiger partial charge is 0.458 e. The average Bonchev–Trinajstić information content (AvgIpc) is 2.73. The number of carbonyl (C=O) groups is 1. The number of nitrogens with one attached hydrogen (secondary N) is 2. The van der Waals surface area contributed by atoms with Crippen molar-refractivity contribution in [2.45, 2.75) is 18.6 Å². The van der Waals surface area contributed by atoms with Crippen LogP contribution in [0.2, 0.25) is 0 Å². The van der Waals surface area contributed by atoms with Gasteiger partial charge in [-0.2, -0.15) is 22.0 Å². The molecule has 3 aromatic rings. The van der Waals surface area contributed by atoms with Crippen LogP contribution in [-0.2, 0) is 12.5 Å². The van der Waals surface area contributed by atoms with Crippen molar-refractivity contribution in [2.75, 3.05) is 10.6 Å². The number of amides is 1. The lowest BCUT2D eigenvalue weighted by Crippen LogP contribution is -2.33. The normalized spacial score (nSPS) is 11.8. The van der Waals surface area contributed by atoms with Gasteiger partial charge in [-0.1, -0.05) is 12.1 Å². The maximum absolute atomic E-state index is 13.4. The molecule has 30 heavy (non-hydrogen) atoms. The van der Waals surface area contributed by atoms with Gasteiger partial charge in [0.05, 0.1) is 5.56 Å². The second-order valence-corrected chi connectivity index (χ2v) is 6.21. The molecule has 0 spiro atoms. The molecule has 0 saturated carbocycles. The SMILES string of the molecule is O=C(Nc1ccc(C(F)(F)C(F)(F)F)cc1)c1cccnc1NCc1ccncc1. The summed E-state index contributed by atoms with van der Waals surface area (Å²) in [5.41, 5.74) is -0.0702. The maximum atomic E-state index is 13.4.